The summed E-state index contributed by atoms with van der Waals surface area (Å²) in [4.78, 5) is 0. The van der Waals surface area contributed by atoms with E-state index in [1.54, 1.807) is 19.2 Å². The van der Waals surface area contributed by atoms with E-state index in [4.69, 9.17) is 15.2 Å². The van der Waals surface area contributed by atoms with Gasteiger partial charge in [0.15, 0.2) is 0 Å². The van der Waals surface area contributed by atoms with Gasteiger partial charge in [0.1, 0.15) is 12.4 Å². The molecule has 12 heavy (non-hydrogen) atoms. The number of nitrogens with two attached hydrogens (primary N) is 1. The minimum absolute atomic E-state index is 0.542. The van der Waals surface area contributed by atoms with E-state index in [1.807, 2.05) is 6.07 Å². The Hall–Kier alpha value is -1.22. The van der Waals surface area contributed by atoms with E-state index >= 15 is 0 Å². The number of methoxy groups -OCH3 is 1. The standard InChI is InChI=1S/C9H12NO2/c1-11-5-6-12-9-4-2-3-8(10)7-9/h2,4,7H,5-6,10H2,1H3. The highest BCUT2D eigenvalue weighted by Crippen LogP contribution is 2.13. The van der Waals surface area contributed by atoms with E-state index in [-0.39, 0.29) is 0 Å². The average Bonchev–Trinajstić information content (AvgIpc) is 2.05. The van der Waals surface area contributed by atoms with Gasteiger partial charge in [-0.3, -0.25) is 0 Å². The molecule has 0 aromatic heterocycles. The summed E-state index contributed by atoms with van der Waals surface area (Å²) in [5.74, 6) is 0.753. The van der Waals surface area contributed by atoms with Gasteiger partial charge in [0.2, 0.25) is 0 Å². The molecule has 1 aromatic rings. The van der Waals surface area contributed by atoms with E-state index in [0.717, 1.165) is 5.75 Å². The predicted molar refractivity (Wildman–Crippen MR) is 47.1 cm³/mol. The van der Waals surface area contributed by atoms with E-state index < -0.39 is 0 Å². The molecule has 0 bridgehead atoms. The molecule has 0 aliphatic heterocycles. The van der Waals surface area contributed by atoms with Crippen molar-refractivity contribution in [2.45, 2.75) is 0 Å². The maximum absolute atomic E-state index is 5.50. The molecule has 0 atom stereocenters. The fourth-order valence-corrected chi connectivity index (χ4v) is 0.796. The number of nitrogen functional groups attached to an aromatic ring is 1. The maximum Gasteiger partial charge on any atom is 0.121 e. The second-order valence-corrected chi connectivity index (χ2v) is 2.32. The Bertz CT molecular complexity index is 238. The smallest absolute Gasteiger partial charge is 0.121 e. The van der Waals surface area contributed by atoms with Crippen molar-refractivity contribution in [2.24, 2.45) is 0 Å². The number of hydrogen-bond donors (Lipinski definition) is 1. The molecule has 0 spiro atoms. The molecule has 0 aliphatic rings. The first-order valence-corrected chi connectivity index (χ1v) is 3.72. The van der Waals surface area contributed by atoms with Crippen LogP contribution in [0.1, 0.15) is 0 Å². The van der Waals surface area contributed by atoms with Gasteiger partial charge in [-0.05, 0) is 12.1 Å². The third kappa shape index (κ3) is 2.80. The van der Waals surface area contributed by atoms with E-state index in [1.165, 1.54) is 0 Å². The highest BCUT2D eigenvalue weighted by molar-refractivity contribution is 5.42. The Morgan fingerprint density at radius 3 is 3.00 bits per heavy atom. The summed E-state index contributed by atoms with van der Waals surface area (Å²) in [5.41, 5.74) is 6.08. The summed E-state index contributed by atoms with van der Waals surface area (Å²) in [6.07, 6.45) is 0. The SMILES string of the molecule is COCCOc1cc[c]c(N)c1. The molecular formula is C9H12NO2. The summed E-state index contributed by atoms with van der Waals surface area (Å²) in [7, 11) is 1.64. The third-order valence-corrected chi connectivity index (χ3v) is 1.35. The molecule has 1 radical (unpaired) electrons. The van der Waals surface area contributed by atoms with Crippen molar-refractivity contribution in [3.8, 4) is 5.75 Å². The van der Waals surface area contributed by atoms with E-state index in [0.29, 0.717) is 18.9 Å². The number of rotatable bonds is 4. The first-order valence-electron chi connectivity index (χ1n) is 3.72. The lowest BCUT2D eigenvalue weighted by atomic mass is 10.3. The molecule has 0 fully saturated rings. The minimum atomic E-state index is 0.542. The molecule has 0 heterocycles. The van der Waals surface area contributed by atoms with Crippen LogP contribution in [0.15, 0.2) is 18.2 Å². The first-order chi connectivity index (χ1) is 5.83. The van der Waals surface area contributed by atoms with Gasteiger partial charge in [0, 0.05) is 24.9 Å². The Morgan fingerprint density at radius 2 is 2.33 bits per heavy atom. The second kappa shape index (κ2) is 4.62. The van der Waals surface area contributed by atoms with Crippen molar-refractivity contribution in [3.63, 3.8) is 0 Å². The van der Waals surface area contributed by atoms with Crippen LogP contribution in [0.4, 0.5) is 5.69 Å². The van der Waals surface area contributed by atoms with Gasteiger partial charge in [-0.25, -0.2) is 0 Å². The Kier molecular flexibility index (Phi) is 3.41. The maximum atomic E-state index is 5.50. The lowest BCUT2D eigenvalue weighted by Crippen LogP contribution is -2.04. The second-order valence-electron chi connectivity index (χ2n) is 2.32. The molecule has 3 heteroatoms. The lowest BCUT2D eigenvalue weighted by Gasteiger charge is -2.04. The fraction of sp³-hybridized carbons (Fsp3) is 0.333. The van der Waals surface area contributed by atoms with Crippen LogP contribution in [-0.4, -0.2) is 20.3 Å². The zero-order valence-electron chi connectivity index (χ0n) is 7.04. The van der Waals surface area contributed by atoms with Gasteiger partial charge in [0.25, 0.3) is 0 Å². The molecule has 0 saturated heterocycles. The first kappa shape index (κ1) is 8.87. The van der Waals surface area contributed by atoms with Crippen molar-refractivity contribution >= 4 is 5.69 Å². The monoisotopic (exact) mass is 166 g/mol. The topological polar surface area (TPSA) is 44.5 Å². The van der Waals surface area contributed by atoms with Crippen molar-refractivity contribution < 1.29 is 9.47 Å². The van der Waals surface area contributed by atoms with Crippen LogP contribution in [0.2, 0.25) is 0 Å². The van der Waals surface area contributed by atoms with Gasteiger partial charge in [-0.2, -0.15) is 0 Å². The summed E-state index contributed by atoms with van der Waals surface area (Å²) in [6.45, 7) is 1.12. The van der Waals surface area contributed by atoms with Crippen LogP contribution in [0.5, 0.6) is 5.75 Å². The molecule has 0 amide bonds. The summed E-state index contributed by atoms with van der Waals surface area (Å²) >= 11 is 0. The van der Waals surface area contributed by atoms with Crippen LogP contribution in [-0.2, 0) is 4.74 Å². The predicted octanol–water partition coefficient (Wildman–Crippen LogP) is 1.09. The minimum Gasteiger partial charge on any atom is -0.491 e. The zero-order valence-corrected chi connectivity index (χ0v) is 7.04. The van der Waals surface area contributed by atoms with E-state index in [9.17, 15) is 0 Å². The molecule has 0 saturated carbocycles. The van der Waals surface area contributed by atoms with Crippen LogP contribution >= 0.6 is 0 Å². The molecule has 0 unspecified atom stereocenters. The van der Waals surface area contributed by atoms with Gasteiger partial charge in [-0.1, -0.05) is 0 Å². The largest absolute Gasteiger partial charge is 0.491 e. The summed E-state index contributed by atoms with van der Waals surface area (Å²) in [5, 5.41) is 0. The van der Waals surface area contributed by atoms with Gasteiger partial charge >= 0.3 is 0 Å². The number of ether oxygens (including phenoxy) is 2. The number of anilines is 1. The highest BCUT2D eigenvalue weighted by Gasteiger charge is 1.92. The van der Waals surface area contributed by atoms with Crippen LogP contribution in [0.3, 0.4) is 0 Å². The Balaban J connectivity index is 2.41. The van der Waals surface area contributed by atoms with E-state index in [2.05, 4.69) is 6.07 Å². The Morgan fingerprint density at radius 1 is 1.50 bits per heavy atom. The van der Waals surface area contributed by atoms with Crippen LogP contribution < -0.4 is 10.5 Å². The fourth-order valence-electron chi connectivity index (χ4n) is 0.796. The zero-order chi connectivity index (χ0) is 8.81. The normalized spacial score (nSPS) is 9.75. The molecule has 2 N–H and O–H groups in total. The average molecular weight is 166 g/mol. The van der Waals surface area contributed by atoms with Crippen LogP contribution in [0, 0.1) is 6.07 Å². The number of benzene rings is 1. The lowest BCUT2D eigenvalue weighted by molar-refractivity contribution is 0.146. The molecule has 3 nitrogen and oxygen atoms in total. The van der Waals surface area contributed by atoms with Crippen LogP contribution in [0.25, 0.3) is 0 Å². The molecule has 65 valence electrons. The van der Waals surface area contributed by atoms with Crippen molar-refractivity contribution in [3.05, 3.63) is 24.3 Å². The Labute approximate surface area is 72.1 Å². The molecule has 0 aliphatic carbocycles. The van der Waals surface area contributed by atoms with Gasteiger partial charge < -0.3 is 15.2 Å². The van der Waals surface area contributed by atoms with Crippen molar-refractivity contribution in [2.75, 3.05) is 26.1 Å². The molecule has 1 aromatic carbocycles. The number of hydrogen-bond acceptors (Lipinski definition) is 3. The highest BCUT2D eigenvalue weighted by atomic mass is 16.5. The third-order valence-electron chi connectivity index (χ3n) is 1.35. The summed E-state index contributed by atoms with van der Waals surface area (Å²) in [6, 6.07) is 8.11. The van der Waals surface area contributed by atoms with Gasteiger partial charge in [0.05, 0.1) is 6.61 Å². The van der Waals surface area contributed by atoms with Crippen molar-refractivity contribution in [1.82, 2.24) is 0 Å². The van der Waals surface area contributed by atoms with Gasteiger partial charge in [-0.15, -0.1) is 0 Å². The molecular weight excluding hydrogens is 154 g/mol. The summed E-state index contributed by atoms with van der Waals surface area (Å²) < 4.78 is 10.1. The quantitative estimate of drug-likeness (QED) is 0.538. The molecule has 1 rings (SSSR count). The van der Waals surface area contributed by atoms with Crippen molar-refractivity contribution in [1.29, 1.82) is 0 Å².